The topological polar surface area (TPSA) is 86.4 Å². The second-order valence-corrected chi connectivity index (χ2v) is 7.33. The number of benzene rings is 1. The predicted molar refractivity (Wildman–Crippen MR) is 110 cm³/mol. The molecule has 2 heterocycles. The fraction of sp³-hybridized carbons (Fsp3) is 0.316. The van der Waals surface area contributed by atoms with E-state index in [2.05, 4.69) is 41.8 Å². The van der Waals surface area contributed by atoms with Crippen molar-refractivity contribution in [3.8, 4) is 0 Å². The highest BCUT2D eigenvalue weighted by Gasteiger charge is 2.13. The molecule has 0 spiro atoms. The second kappa shape index (κ2) is 8.85. The zero-order valence-corrected chi connectivity index (χ0v) is 16.7. The maximum atomic E-state index is 12.0. The van der Waals surface area contributed by atoms with Gasteiger partial charge in [-0.05, 0) is 55.7 Å². The lowest BCUT2D eigenvalue weighted by Gasteiger charge is -2.16. The minimum Gasteiger partial charge on any atom is -0.357 e. The molecule has 0 aliphatic carbocycles. The average molecular weight is 432 g/mol. The Hall–Kier alpha value is -2.61. The smallest absolute Gasteiger partial charge is 0.319 e. The highest BCUT2D eigenvalue weighted by Crippen LogP contribution is 2.20. The van der Waals surface area contributed by atoms with Crippen LogP contribution in [0.5, 0.6) is 0 Å². The van der Waals surface area contributed by atoms with Crippen molar-refractivity contribution in [1.82, 2.24) is 10.3 Å². The van der Waals surface area contributed by atoms with Crippen molar-refractivity contribution in [3.05, 3.63) is 46.6 Å². The Balaban J connectivity index is 1.45. The van der Waals surface area contributed by atoms with Gasteiger partial charge in [0.05, 0.1) is 18.4 Å². The molecule has 0 bridgehead atoms. The van der Waals surface area contributed by atoms with Crippen molar-refractivity contribution >= 4 is 45.1 Å². The Kier molecular flexibility index (Phi) is 6.28. The fourth-order valence-electron chi connectivity index (χ4n) is 2.89. The molecule has 3 rings (SSSR count). The SMILES string of the molecule is Cc1cc(Br)ccc1NC(=O)CNC(=O)Nc1ccc(N2CCCC2)nc1. The zero-order chi connectivity index (χ0) is 19.2. The van der Waals surface area contributed by atoms with Gasteiger partial charge < -0.3 is 20.9 Å². The van der Waals surface area contributed by atoms with E-state index in [9.17, 15) is 9.59 Å². The molecule has 0 atom stereocenters. The predicted octanol–water partition coefficient (Wildman–Crippen LogP) is 3.51. The first-order chi connectivity index (χ1) is 13.0. The van der Waals surface area contributed by atoms with E-state index < -0.39 is 6.03 Å². The number of hydrogen-bond donors (Lipinski definition) is 3. The summed E-state index contributed by atoms with van der Waals surface area (Å²) in [4.78, 5) is 30.6. The Bertz CT molecular complexity index is 819. The van der Waals surface area contributed by atoms with E-state index in [1.807, 2.05) is 37.3 Å². The minimum atomic E-state index is -0.451. The van der Waals surface area contributed by atoms with Crippen LogP contribution in [0.3, 0.4) is 0 Å². The Labute approximate surface area is 166 Å². The third-order valence-corrected chi connectivity index (χ3v) is 4.80. The summed E-state index contributed by atoms with van der Waals surface area (Å²) in [7, 11) is 0. The number of carbonyl (C=O) groups is 2. The molecule has 0 radical (unpaired) electrons. The molecule has 1 fully saturated rings. The van der Waals surface area contributed by atoms with E-state index >= 15 is 0 Å². The molecule has 1 aliphatic heterocycles. The lowest BCUT2D eigenvalue weighted by atomic mass is 10.2. The van der Waals surface area contributed by atoms with E-state index in [0.717, 1.165) is 28.9 Å². The summed E-state index contributed by atoms with van der Waals surface area (Å²) in [6.07, 6.45) is 4.00. The second-order valence-electron chi connectivity index (χ2n) is 6.41. The average Bonchev–Trinajstić information content (AvgIpc) is 3.18. The fourth-order valence-corrected chi connectivity index (χ4v) is 3.37. The first kappa shape index (κ1) is 19.2. The summed E-state index contributed by atoms with van der Waals surface area (Å²) in [5.74, 6) is 0.626. The molecule has 142 valence electrons. The number of hydrogen-bond acceptors (Lipinski definition) is 4. The van der Waals surface area contributed by atoms with Gasteiger partial charge in [-0.1, -0.05) is 15.9 Å². The summed E-state index contributed by atoms with van der Waals surface area (Å²) in [6.45, 7) is 3.82. The van der Waals surface area contributed by atoms with Gasteiger partial charge >= 0.3 is 6.03 Å². The Morgan fingerprint density at radius 1 is 1.15 bits per heavy atom. The minimum absolute atomic E-state index is 0.124. The van der Waals surface area contributed by atoms with Crippen molar-refractivity contribution in [1.29, 1.82) is 0 Å². The van der Waals surface area contributed by atoms with Crippen molar-refractivity contribution in [2.45, 2.75) is 19.8 Å². The zero-order valence-electron chi connectivity index (χ0n) is 15.1. The van der Waals surface area contributed by atoms with Crippen LogP contribution in [0.4, 0.5) is 22.0 Å². The number of nitrogens with zero attached hydrogens (tertiary/aromatic N) is 2. The number of aromatic nitrogens is 1. The molecule has 3 amide bonds. The van der Waals surface area contributed by atoms with Crippen LogP contribution in [-0.4, -0.2) is 36.6 Å². The Morgan fingerprint density at radius 2 is 1.93 bits per heavy atom. The lowest BCUT2D eigenvalue weighted by molar-refractivity contribution is -0.115. The monoisotopic (exact) mass is 431 g/mol. The number of urea groups is 1. The number of rotatable bonds is 5. The Morgan fingerprint density at radius 3 is 2.59 bits per heavy atom. The molecular formula is C19H22BrN5O2. The van der Waals surface area contributed by atoms with Crippen LogP contribution in [-0.2, 0) is 4.79 Å². The molecule has 3 N–H and O–H groups in total. The van der Waals surface area contributed by atoms with E-state index in [1.165, 1.54) is 12.8 Å². The number of aryl methyl sites for hydroxylation is 1. The normalized spacial score (nSPS) is 13.3. The third-order valence-electron chi connectivity index (χ3n) is 4.31. The molecule has 2 aromatic rings. The quantitative estimate of drug-likeness (QED) is 0.675. The molecule has 27 heavy (non-hydrogen) atoms. The standard InChI is InChI=1S/C19H22BrN5O2/c1-13-10-14(20)4-6-16(13)24-18(26)12-22-19(27)23-15-5-7-17(21-11-15)25-8-2-3-9-25/h4-7,10-11H,2-3,8-9,12H2,1H3,(H,24,26)(H2,22,23,27). The van der Waals surface area contributed by atoms with E-state index in [4.69, 9.17) is 0 Å². The van der Waals surface area contributed by atoms with Crippen molar-refractivity contribution < 1.29 is 9.59 Å². The molecule has 7 nitrogen and oxygen atoms in total. The molecule has 1 aliphatic rings. The van der Waals surface area contributed by atoms with Crippen LogP contribution < -0.4 is 20.9 Å². The van der Waals surface area contributed by atoms with Gasteiger partial charge in [0.25, 0.3) is 0 Å². The van der Waals surface area contributed by atoms with Gasteiger partial charge in [0.15, 0.2) is 0 Å². The maximum Gasteiger partial charge on any atom is 0.319 e. The maximum absolute atomic E-state index is 12.0. The lowest BCUT2D eigenvalue weighted by Crippen LogP contribution is -2.35. The van der Waals surface area contributed by atoms with Crippen molar-refractivity contribution in [3.63, 3.8) is 0 Å². The first-order valence-corrected chi connectivity index (χ1v) is 9.62. The van der Waals surface area contributed by atoms with E-state index in [0.29, 0.717) is 11.4 Å². The van der Waals surface area contributed by atoms with Crippen LogP contribution >= 0.6 is 15.9 Å². The van der Waals surface area contributed by atoms with Gasteiger partial charge in [-0.2, -0.15) is 0 Å². The number of anilines is 3. The van der Waals surface area contributed by atoms with Gasteiger partial charge in [0.2, 0.25) is 5.91 Å². The van der Waals surface area contributed by atoms with E-state index in [-0.39, 0.29) is 12.5 Å². The molecule has 1 aromatic heterocycles. The van der Waals surface area contributed by atoms with Crippen LogP contribution in [0.15, 0.2) is 41.0 Å². The highest BCUT2D eigenvalue weighted by atomic mass is 79.9. The number of carbonyl (C=O) groups excluding carboxylic acids is 2. The summed E-state index contributed by atoms with van der Waals surface area (Å²) >= 11 is 3.38. The van der Waals surface area contributed by atoms with Crippen LogP contribution in [0.25, 0.3) is 0 Å². The molecular weight excluding hydrogens is 410 g/mol. The van der Waals surface area contributed by atoms with Gasteiger partial charge in [-0.15, -0.1) is 0 Å². The van der Waals surface area contributed by atoms with E-state index in [1.54, 1.807) is 6.20 Å². The molecule has 0 unspecified atom stereocenters. The van der Waals surface area contributed by atoms with Crippen LogP contribution in [0.2, 0.25) is 0 Å². The van der Waals surface area contributed by atoms with Gasteiger partial charge in [-0.3, -0.25) is 4.79 Å². The van der Waals surface area contributed by atoms with Gasteiger partial charge in [-0.25, -0.2) is 9.78 Å². The molecule has 8 heteroatoms. The summed E-state index contributed by atoms with van der Waals surface area (Å²) in [5.41, 5.74) is 2.23. The molecule has 0 saturated carbocycles. The van der Waals surface area contributed by atoms with Crippen molar-refractivity contribution in [2.75, 3.05) is 35.2 Å². The summed E-state index contributed by atoms with van der Waals surface area (Å²) in [5, 5.41) is 8.00. The summed E-state index contributed by atoms with van der Waals surface area (Å²) in [6, 6.07) is 8.82. The number of amides is 3. The summed E-state index contributed by atoms with van der Waals surface area (Å²) < 4.78 is 0.944. The molecule has 1 saturated heterocycles. The van der Waals surface area contributed by atoms with Gasteiger partial charge in [0.1, 0.15) is 5.82 Å². The van der Waals surface area contributed by atoms with Crippen LogP contribution in [0.1, 0.15) is 18.4 Å². The molecule has 1 aromatic carbocycles. The van der Waals surface area contributed by atoms with Gasteiger partial charge in [0, 0.05) is 23.2 Å². The number of halogens is 1. The highest BCUT2D eigenvalue weighted by molar-refractivity contribution is 9.10. The van der Waals surface area contributed by atoms with Crippen LogP contribution in [0, 0.1) is 6.92 Å². The third kappa shape index (κ3) is 5.43. The first-order valence-electron chi connectivity index (χ1n) is 8.83. The largest absolute Gasteiger partial charge is 0.357 e. The number of pyridine rings is 1. The van der Waals surface area contributed by atoms with Crippen molar-refractivity contribution in [2.24, 2.45) is 0 Å². The number of nitrogens with one attached hydrogen (secondary N) is 3.